The normalized spacial score (nSPS) is 10.9. The van der Waals surface area contributed by atoms with Crippen LogP contribution in [-0.4, -0.2) is 26.8 Å². The Balaban J connectivity index is 2.29. The molecule has 0 spiro atoms. The molecule has 0 fully saturated rings. The number of nitrogens with one attached hydrogen (secondary N) is 1. The first-order chi connectivity index (χ1) is 8.28. The van der Waals surface area contributed by atoms with Gasteiger partial charge in [-0.3, -0.25) is 0 Å². The van der Waals surface area contributed by atoms with Gasteiger partial charge in [0.25, 0.3) is 0 Å². The summed E-state index contributed by atoms with van der Waals surface area (Å²) in [6.45, 7) is 1.96. The van der Waals surface area contributed by atoms with Gasteiger partial charge in [-0.15, -0.1) is 11.3 Å². The van der Waals surface area contributed by atoms with E-state index in [4.69, 9.17) is 0 Å². The topological polar surface area (TPSA) is 55.6 Å². The van der Waals surface area contributed by atoms with Gasteiger partial charge < -0.3 is 5.32 Å². The molecule has 0 aliphatic heterocycles. The maximum Gasteiger partial charge on any atom is 0.225 e. The van der Waals surface area contributed by atoms with Gasteiger partial charge in [0.15, 0.2) is 5.82 Å². The van der Waals surface area contributed by atoms with E-state index in [-0.39, 0.29) is 0 Å². The summed E-state index contributed by atoms with van der Waals surface area (Å²) in [5.41, 5.74) is 0.970. The molecule has 0 aliphatic carbocycles. The number of rotatable bonds is 2. The van der Waals surface area contributed by atoms with Crippen LogP contribution in [0.2, 0.25) is 0 Å². The number of hydrogen-bond donors (Lipinski definition) is 1. The number of aromatic nitrogens is 4. The molecular weight excluding hydrogens is 234 g/mol. The molecule has 0 saturated heterocycles. The summed E-state index contributed by atoms with van der Waals surface area (Å²) in [7, 11) is 1.81. The maximum absolute atomic E-state index is 4.46. The second-order valence-electron chi connectivity index (χ2n) is 3.66. The number of thiophene rings is 1. The highest BCUT2D eigenvalue weighted by atomic mass is 32.1. The van der Waals surface area contributed by atoms with E-state index in [9.17, 15) is 0 Å². The van der Waals surface area contributed by atoms with Crippen molar-refractivity contribution >= 4 is 27.5 Å². The zero-order valence-electron chi connectivity index (χ0n) is 9.51. The zero-order valence-corrected chi connectivity index (χ0v) is 10.3. The van der Waals surface area contributed by atoms with Gasteiger partial charge in [-0.25, -0.2) is 9.67 Å². The third-order valence-electron chi connectivity index (χ3n) is 2.47. The van der Waals surface area contributed by atoms with Crippen LogP contribution in [0.5, 0.6) is 0 Å². The van der Waals surface area contributed by atoms with Gasteiger partial charge in [0.1, 0.15) is 4.83 Å². The Morgan fingerprint density at radius 1 is 1.29 bits per heavy atom. The largest absolute Gasteiger partial charge is 0.357 e. The molecule has 86 valence electrons. The van der Waals surface area contributed by atoms with Crippen LogP contribution in [0, 0.1) is 6.92 Å². The third-order valence-corrected chi connectivity index (χ3v) is 3.27. The Bertz CT molecular complexity index is 669. The predicted molar refractivity (Wildman–Crippen MR) is 68.8 cm³/mol. The van der Waals surface area contributed by atoms with E-state index in [0.717, 1.165) is 21.7 Å². The lowest BCUT2D eigenvalue weighted by molar-refractivity contribution is 0.838. The van der Waals surface area contributed by atoms with Gasteiger partial charge in [-0.1, -0.05) is 0 Å². The lowest BCUT2D eigenvalue weighted by atomic mass is 10.4. The van der Waals surface area contributed by atoms with Crippen molar-refractivity contribution in [3.05, 3.63) is 29.4 Å². The third kappa shape index (κ3) is 1.66. The fourth-order valence-corrected chi connectivity index (χ4v) is 2.42. The Morgan fingerprint density at radius 2 is 2.18 bits per heavy atom. The van der Waals surface area contributed by atoms with Gasteiger partial charge >= 0.3 is 0 Å². The minimum absolute atomic E-state index is 0.614. The highest BCUT2D eigenvalue weighted by molar-refractivity contribution is 7.16. The first-order valence-electron chi connectivity index (χ1n) is 5.23. The van der Waals surface area contributed by atoms with Crippen molar-refractivity contribution in [2.45, 2.75) is 6.92 Å². The van der Waals surface area contributed by atoms with Crippen molar-refractivity contribution in [3.63, 3.8) is 0 Å². The van der Waals surface area contributed by atoms with Crippen LogP contribution in [0.4, 0.5) is 5.95 Å². The Labute approximate surface area is 102 Å². The molecule has 6 heteroatoms. The van der Waals surface area contributed by atoms with Crippen LogP contribution in [-0.2, 0) is 0 Å². The molecule has 3 heterocycles. The molecule has 1 N–H and O–H groups in total. The van der Waals surface area contributed by atoms with E-state index in [1.165, 1.54) is 0 Å². The first-order valence-corrected chi connectivity index (χ1v) is 6.11. The van der Waals surface area contributed by atoms with Crippen LogP contribution in [0.1, 0.15) is 5.69 Å². The summed E-state index contributed by atoms with van der Waals surface area (Å²) >= 11 is 1.60. The van der Waals surface area contributed by atoms with Crippen molar-refractivity contribution in [1.29, 1.82) is 0 Å². The van der Waals surface area contributed by atoms with E-state index in [1.54, 1.807) is 16.0 Å². The molecule has 0 amide bonds. The number of anilines is 1. The summed E-state index contributed by atoms with van der Waals surface area (Å²) in [4.78, 5) is 9.83. The smallest absolute Gasteiger partial charge is 0.225 e. The van der Waals surface area contributed by atoms with Crippen LogP contribution >= 0.6 is 11.3 Å². The number of fused-ring (bicyclic) bond motifs is 1. The highest BCUT2D eigenvalue weighted by Crippen LogP contribution is 2.25. The molecule has 0 saturated carbocycles. The molecular formula is C11H11N5S. The molecule has 0 atom stereocenters. The fourth-order valence-electron chi connectivity index (χ4n) is 1.66. The summed E-state index contributed by atoms with van der Waals surface area (Å²) in [6.07, 6.45) is 1.91. The second-order valence-corrected chi connectivity index (χ2v) is 4.56. The van der Waals surface area contributed by atoms with E-state index in [0.29, 0.717) is 5.95 Å². The number of nitrogens with zero attached hydrogens (tertiary/aromatic N) is 4. The van der Waals surface area contributed by atoms with E-state index >= 15 is 0 Å². The van der Waals surface area contributed by atoms with Crippen LogP contribution in [0.15, 0.2) is 23.7 Å². The van der Waals surface area contributed by atoms with Crippen LogP contribution in [0.25, 0.3) is 16.0 Å². The van der Waals surface area contributed by atoms with E-state index in [2.05, 4.69) is 20.4 Å². The molecule has 0 aliphatic rings. The van der Waals surface area contributed by atoms with Crippen molar-refractivity contribution in [3.8, 4) is 5.82 Å². The van der Waals surface area contributed by atoms with Crippen LogP contribution in [0.3, 0.4) is 0 Å². The minimum Gasteiger partial charge on any atom is -0.357 e. The lowest BCUT2D eigenvalue weighted by Crippen LogP contribution is -2.04. The zero-order chi connectivity index (χ0) is 11.8. The van der Waals surface area contributed by atoms with E-state index in [1.807, 2.05) is 37.7 Å². The monoisotopic (exact) mass is 245 g/mol. The maximum atomic E-state index is 4.46. The molecule has 3 rings (SSSR count). The number of aryl methyl sites for hydroxylation is 1. The molecule has 0 radical (unpaired) electrons. The van der Waals surface area contributed by atoms with Crippen molar-refractivity contribution in [2.75, 3.05) is 12.4 Å². The fraction of sp³-hybridized carbons (Fsp3) is 0.182. The molecule has 3 aromatic rings. The minimum atomic E-state index is 0.614. The summed E-state index contributed by atoms with van der Waals surface area (Å²) in [5.74, 6) is 1.43. The first kappa shape index (κ1) is 10.2. The summed E-state index contributed by atoms with van der Waals surface area (Å²) in [5, 5.41) is 10.4. The highest BCUT2D eigenvalue weighted by Gasteiger charge is 2.10. The lowest BCUT2D eigenvalue weighted by Gasteiger charge is -2.05. The molecule has 0 unspecified atom stereocenters. The van der Waals surface area contributed by atoms with Gasteiger partial charge in [0.05, 0.1) is 11.1 Å². The molecule has 0 aromatic carbocycles. The molecule has 0 bridgehead atoms. The predicted octanol–water partition coefficient (Wildman–Crippen LogP) is 2.23. The Morgan fingerprint density at radius 3 is 2.88 bits per heavy atom. The molecule has 5 nitrogen and oxygen atoms in total. The van der Waals surface area contributed by atoms with Gasteiger partial charge in [0.2, 0.25) is 5.95 Å². The van der Waals surface area contributed by atoms with E-state index < -0.39 is 0 Å². The number of hydrogen-bond acceptors (Lipinski definition) is 5. The van der Waals surface area contributed by atoms with Gasteiger partial charge in [-0.05, 0) is 24.4 Å². The van der Waals surface area contributed by atoms with Crippen molar-refractivity contribution < 1.29 is 0 Å². The quantitative estimate of drug-likeness (QED) is 0.752. The summed E-state index contributed by atoms with van der Waals surface area (Å²) in [6, 6.07) is 3.98. The van der Waals surface area contributed by atoms with Crippen molar-refractivity contribution in [1.82, 2.24) is 19.7 Å². The average molecular weight is 245 g/mol. The standard InChI is InChI=1S/C11H11N5S/c1-7-3-5-16(15-7)9-8-4-6-17-10(8)14-11(12-2)13-9/h3-6H,1-2H3,(H,12,13,14). The average Bonchev–Trinajstić information content (AvgIpc) is 2.95. The second kappa shape index (κ2) is 3.81. The Kier molecular flexibility index (Phi) is 2.29. The van der Waals surface area contributed by atoms with Crippen LogP contribution < -0.4 is 5.32 Å². The van der Waals surface area contributed by atoms with Gasteiger partial charge in [0, 0.05) is 13.2 Å². The Hall–Kier alpha value is -1.95. The van der Waals surface area contributed by atoms with Gasteiger partial charge in [-0.2, -0.15) is 10.1 Å². The SMILES string of the molecule is CNc1nc(-n2ccc(C)n2)c2ccsc2n1. The van der Waals surface area contributed by atoms with Crippen molar-refractivity contribution in [2.24, 2.45) is 0 Å². The molecule has 3 aromatic heterocycles. The molecule has 17 heavy (non-hydrogen) atoms. The summed E-state index contributed by atoms with van der Waals surface area (Å²) < 4.78 is 1.78.